The van der Waals surface area contributed by atoms with Gasteiger partial charge in [0.15, 0.2) is 0 Å². The highest BCUT2D eigenvalue weighted by atomic mass is 32.1. The van der Waals surface area contributed by atoms with Crippen molar-refractivity contribution < 1.29 is 57.7 Å². The molecule has 15 nitrogen and oxygen atoms in total. The minimum Gasteiger partial charge on any atom is -0.431 e. The van der Waals surface area contributed by atoms with Crippen molar-refractivity contribution in [2.24, 2.45) is 23.7 Å². The second kappa shape index (κ2) is 11.9. The van der Waals surface area contributed by atoms with Crippen molar-refractivity contribution in [2.75, 3.05) is 32.6 Å². The van der Waals surface area contributed by atoms with Gasteiger partial charge in [-0.2, -0.15) is 12.5 Å². The van der Waals surface area contributed by atoms with E-state index in [0.29, 0.717) is 5.06 Å². The third kappa shape index (κ3) is 4.91. The Hall–Kier alpha value is -3.60. The van der Waals surface area contributed by atoms with E-state index in [1.807, 2.05) is 12.2 Å². The molecular weight excluding hydrogens is 578 g/mol. The standard InChI is InChI=1S/C15H14N2O8.C10H11NO4.CH4S/c18-9-3-4-10(19)17(9)25-15(22)23-6-5-16-13(20)11-7-1-2-8(24-7)12(11)14(16)21;12-4-3-11-9(13)7-5-1-2-6(15-5)8(7)10(11)14;1-2/h1-2,7-8,11-12H,3-6H2;1-2,5-8,12H,3-4H2;2H,1H3/i/hD. The lowest BCUT2D eigenvalue weighted by atomic mass is 9.85. The molecule has 4 bridgehead atoms. The van der Waals surface area contributed by atoms with Crippen molar-refractivity contribution >= 4 is 54.1 Å². The highest BCUT2D eigenvalue weighted by Crippen LogP contribution is 2.46. The molecule has 7 aliphatic heterocycles. The van der Waals surface area contributed by atoms with Crippen LogP contribution in [0.3, 0.4) is 0 Å². The molecule has 0 aromatic carbocycles. The minimum atomic E-state index is -1.24. The van der Waals surface area contributed by atoms with Crippen LogP contribution in [-0.2, 0) is 47.8 Å². The number of aliphatic hydroxyl groups excluding tert-OH is 1. The van der Waals surface area contributed by atoms with Crippen LogP contribution in [0, 0.1) is 23.7 Å². The Morgan fingerprint density at radius 1 is 0.833 bits per heavy atom. The van der Waals surface area contributed by atoms with E-state index < -0.39 is 29.8 Å². The molecule has 5 fully saturated rings. The highest BCUT2D eigenvalue weighted by molar-refractivity contribution is 7.79. The van der Waals surface area contributed by atoms with E-state index in [-0.39, 0.29) is 99.0 Å². The van der Waals surface area contributed by atoms with Crippen LogP contribution < -0.4 is 0 Å². The molecule has 7 heterocycles. The average Bonchev–Trinajstić information content (AvgIpc) is 3.85. The van der Waals surface area contributed by atoms with Crippen LogP contribution in [0.5, 0.6) is 0 Å². The molecule has 0 aromatic rings. The van der Waals surface area contributed by atoms with Crippen molar-refractivity contribution in [3.8, 4) is 0 Å². The molecule has 1 N–H and O–H groups in total. The SMILES string of the molecule is O=C(OCCN1C(=O)C2C3C=CC(O3)C2C1=O)ON1C(=O)CCC1=O.O=C1C2C3C=CC(O3)C2C(=O)N1CCO.[2H]SC. The molecule has 0 aliphatic carbocycles. The molecule has 5 saturated heterocycles. The summed E-state index contributed by atoms with van der Waals surface area (Å²) in [6.45, 7) is -0.499. The van der Waals surface area contributed by atoms with E-state index in [1.165, 1.54) is 0 Å². The molecule has 6 amide bonds. The van der Waals surface area contributed by atoms with Crippen LogP contribution in [0.2, 0.25) is 0 Å². The number of hydrogen-bond acceptors (Lipinski definition) is 13. The van der Waals surface area contributed by atoms with E-state index >= 15 is 0 Å². The Bertz CT molecular complexity index is 1220. The van der Waals surface area contributed by atoms with Gasteiger partial charge in [0, 0.05) is 12.8 Å². The second-order valence-corrected chi connectivity index (χ2v) is 10.2. The summed E-state index contributed by atoms with van der Waals surface area (Å²) >= 11 is 1.000. The van der Waals surface area contributed by atoms with Gasteiger partial charge in [0.2, 0.25) is 23.6 Å². The van der Waals surface area contributed by atoms with Gasteiger partial charge in [0.1, 0.15) is 7.73 Å². The fourth-order valence-electron chi connectivity index (χ4n) is 6.25. The Kier molecular flexibility index (Phi) is 8.11. The number of carbonyl (C=O) groups is 7. The Labute approximate surface area is 245 Å². The number of β-amino-alcohol motifs (C(OH)–C–C–N with tert-alkyl or cyclic N) is 1. The molecule has 0 saturated carbocycles. The molecule has 0 spiro atoms. The first-order valence-corrected chi connectivity index (χ1v) is 14.1. The number of likely N-dealkylation sites (tertiary alicyclic amines) is 2. The number of carbonyl (C=O) groups excluding carboxylic acids is 7. The predicted molar refractivity (Wildman–Crippen MR) is 139 cm³/mol. The van der Waals surface area contributed by atoms with Crippen LogP contribution >= 0.6 is 12.5 Å². The highest BCUT2D eigenvalue weighted by Gasteiger charge is 2.61. The number of thiol groups is 1. The third-order valence-corrected chi connectivity index (χ3v) is 8.03. The van der Waals surface area contributed by atoms with Crippen molar-refractivity contribution in [2.45, 2.75) is 37.3 Å². The summed E-state index contributed by atoms with van der Waals surface area (Å²) in [6, 6.07) is 0. The zero-order valence-corrected chi connectivity index (χ0v) is 23.2. The van der Waals surface area contributed by atoms with Crippen LogP contribution in [0.25, 0.3) is 0 Å². The zero-order valence-electron chi connectivity index (χ0n) is 23.4. The molecule has 7 aliphatic rings. The number of ether oxygens (including phenoxy) is 3. The number of nitrogens with zero attached hydrogens (tertiary/aromatic N) is 3. The lowest BCUT2D eigenvalue weighted by molar-refractivity contribution is -0.177. The van der Waals surface area contributed by atoms with Crippen molar-refractivity contribution in [1.82, 2.24) is 14.9 Å². The fraction of sp³-hybridized carbons (Fsp3) is 0.577. The van der Waals surface area contributed by atoms with Gasteiger partial charge < -0.3 is 19.3 Å². The minimum absolute atomic E-state index is 0.0237. The normalized spacial score (nSPS) is 34.9. The number of hydrogen-bond donors (Lipinski definition) is 2. The largest absolute Gasteiger partial charge is 0.534 e. The summed E-state index contributed by atoms with van der Waals surface area (Å²) < 4.78 is 21.9. The van der Waals surface area contributed by atoms with Gasteiger partial charge in [-0.25, -0.2) is 4.79 Å². The maximum absolute atomic E-state index is 12.3. The molecule has 16 heteroatoms. The maximum Gasteiger partial charge on any atom is 0.534 e. The van der Waals surface area contributed by atoms with E-state index in [2.05, 4.69) is 4.84 Å². The first kappa shape index (κ1) is 28.5. The quantitative estimate of drug-likeness (QED) is 0.156. The summed E-state index contributed by atoms with van der Waals surface area (Å²) in [7, 11) is 0. The van der Waals surface area contributed by atoms with Crippen molar-refractivity contribution in [1.29, 1.82) is 1.12 Å². The van der Waals surface area contributed by atoms with Crippen LogP contribution in [0.4, 0.5) is 4.79 Å². The van der Waals surface area contributed by atoms with Gasteiger partial charge in [-0.05, 0) is 6.26 Å². The summed E-state index contributed by atoms with van der Waals surface area (Å²) in [5, 5.41) is 9.14. The number of amides is 6. The van der Waals surface area contributed by atoms with E-state index in [1.54, 1.807) is 18.4 Å². The van der Waals surface area contributed by atoms with Gasteiger partial charge in [-0.1, -0.05) is 29.4 Å². The topological polar surface area (TPSA) is 186 Å². The Morgan fingerprint density at radius 3 is 1.60 bits per heavy atom. The van der Waals surface area contributed by atoms with Gasteiger partial charge in [0.05, 0.1) is 67.8 Å². The number of aliphatic hydroxyl groups is 1. The van der Waals surface area contributed by atoms with Crippen LogP contribution in [0.15, 0.2) is 24.3 Å². The predicted octanol–water partition coefficient (Wildman–Crippen LogP) is -1.39. The number of imide groups is 3. The third-order valence-electron chi connectivity index (χ3n) is 8.03. The van der Waals surface area contributed by atoms with Gasteiger partial charge in [-0.3, -0.25) is 43.4 Å². The summed E-state index contributed by atoms with van der Waals surface area (Å²) in [5.41, 5.74) is 0. The zero-order chi connectivity index (χ0) is 31.0. The first-order valence-electron chi connectivity index (χ1n) is 13.7. The number of rotatable bonds is 6. The molecular formula is C26H29N3O12S. The fourth-order valence-corrected chi connectivity index (χ4v) is 6.25. The van der Waals surface area contributed by atoms with E-state index in [0.717, 1.165) is 22.3 Å². The number of hydroxylamine groups is 2. The summed E-state index contributed by atoms with van der Waals surface area (Å²) in [6.07, 6.45) is 6.43. The molecule has 42 heavy (non-hydrogen) atoms. The lowest BCUT2D eigenvalue weighted by Gasteiger charge is -2.17. The summed E-state index contributed by atoms with van der Waals surface area (Å²) in [5.74, 6) is -4.08. The Morgan fingerprint density at radius 2 is 1.21 bits per heavy atom. The monoisotopic (exact) mass is 608 g/mol. The molecule has 8 unspecified atom stereocenters. The Balaban J connectivity index is 0.000000173. The van der Waals surface area contributed by atoms with E-state index in [9.17, 15) is 33.6 Å². The molecule has 8 atom stereocenters. The molecule has 226 valence electrons. The van der Waals surface area contributed by atoms with Crippen molar-refractivity contribution in [3.05, 3.63) is 24.3 Å². The van der Waals surface area contributed by atoms with Crippen LogP contribution in [0.1, 0.15) is 12.8 Å². The maximum atomic E-state index is 12.3. The van der Waals surface area contributed by atoms with E-state index in [4.69, 9.17) is 20.4 Å². The molecule has 0 aromatic heterocycles. The number of fused-ring (bicyclic) bond motifs is 10. The van der Waals surface area contributed by atoms with Gasteiger partial charge in [-0.15, -0.1) is 0 Å². The van der Waals surface area contributed by atoms with Crippen molar-refractivity contribution in [3.63, 3.8) is 0 Å². The van der Waals surface area contributed by atoms with Gasteiger partial charge in [0.25, 0.3) is 11.8 Å². The van der Waals surface area contributed by atoms with Crippen LogP contribution in [-0.4, -0.2) is 120 Å². The van der Waals surface area contributed by atoms with Gasteiger partial charge >= 0.3 is 6.16 Å². The first-order chi connectivity index (χ1) is 20.6. The summed E-state index contributed by atoms with van der Waals surface area (Å²) in [4.78, 5) is 89.3. The molecule has 0 radical (unpaired) electrons. The lowest BCUT2D eigenvalue weighted by Crippen LogP contribution is -2.38. The smallest absolute Gasteiger partial charge is 0.431 e. The second-order valence-electron chi connectivity index (χ2n) is 10.2. The average molecular weight is 609 g/mol. The molecule has 7 rings (SSSR count).